The molecule has 0 aliphatic carbocycles. The van der Waals surface area contributed by atoms with Gasteiger partial charge in [0.25, 0.3) is 5.91 Å². The quantitative estimate of drug-likeness (QED) is 0.654. The van der Waals surface area contributed by atoms with Crippen LogP contribution in [0.3, 0.4) is 0 Å². The Labute approximate surface area is 159 Å². The summed E-state index contributed by atoms with van der Waals surface area (Å²) < 4.78 is 5.43. The predicted molar refractivity (Wildman–Crippen MR) is 101 cm³/mol. The monoisotopic (exact) mass is 392 g/mol. The molecule has 3 rings (SSSR count). The van der Waals surface area contributed by atoms with Crippen molar-refractivity contribution in [3.05, 3.63) is 69.0 Å². The van der Waals surface area contributed by atoms with Crippen LogP contribution in [0.15, 0.2) is 53.4 Å². The Kier molecular flexibility index (Phi) is 5.91. The number of carbonyl (C=O) groups is 1. The van der Waals surface area contributed by atoms with Crippen LogP contribution < -0.4 is 10.1 Å². The van der Waals surface area contributed by atoms with Gasteiger partial charge < -0.3 is 10.1 Å². The minimum absolute atomic E-state index is 0.130. The minimum Gasteiger partial charge on any atom is -0.482 e. The van der Waals surface area contributed by atoms with Crippen molar-refractivity contribution in [3.63, 3.8) is 0 Å². The van der Waals surface area contributed by atoms with E-state index in [1.54, 1.807) is 35.7 Å². The van der Waals surface area contributed by atoms with E-state index in [4.69, 9.17) is 27.9 Å². The topological polar surface area (TPSA) is 51.2 Å². The third kappa shape index (κ3) is 4.72. The van der Waals surface area contributed by atoms with Crippen LogP contribution in [0.4, 0.5) is 0 Å². The molecule has 2 aromatic heterocycles. The summed E-state index contributed by atoms with van der Waals surface area (Å²) >= 11 is 13.5. The Morgan fingerprint density at radius 1 is 1.24 bits per heavy atom. The molecule has 0 fully saturated rings. The third-order valence-corrected chi connectivity index (χ3v) is 4.63. The van der Waals surface area contributed by atoms with E-state index in [9.17, 15) is 4.79 Å². The summed E-state index contributed by atoms with van der Waals surface area (Å²) in [6.07, 6.45) is 1.74. The van der Waals surface area contributed by atoms with Gasteiger partial charge in [0.1, 0.15) is 5.75 Å². The van der Waals surface area contributed by atoms with Crippen LogP contribution in [0.25, 0.3) is 11.3 Å². The first-order valence-corrected chi connectivity index (χ1v) is 9.14. The average molecular weight is 393 g/mol. The van der Waals surface area contributed by atoms with Crippen LogP contribution in [-0.2, 0) is 11.3 Å². The van der Waals surface area contributed by atoms with Gasteiger partial charge in [-0.05, 0) is 41.3 Å². The van der Waals surface area contributed by atoms with E-state index in [2.05, 4.69) is 10.3 Å². The molecule has 2 heterocycles. The maximum absolute atomic E-state index is 12.0. The fourth-order valence-electron chi connectivity index (χ4n) is 2.22. The molecule has 3 aromatic rings. The highest BCUT2D eigenvalue weighted by atomic mass is 35.5. The van der Waals surface area contributed by atoms with Crippen molar-refractivity contribution in [2.24, 2.45) is 0 Å². The Bertz CT molecular complexity index is 869. The van der Waals surface area contributed by atoms with Crippen LogP contribution in [0, 0.1) is 0 Å². The second-order valence-corrected chi connectivity index (χ2v) is 6.79. The lowest BCUT2D eigenvalue weighted by atomic mass is 10.1. The van der Waals surface area contributed by atoms with Crippen molar-refractivity contribution in [3.8, 4) is 17.0 Å². The van der Waals surface area contributed by atoms with Crippen LogP contribution in [0.2, 0.25) is 10.0 Å². The van der Waals surface area contributed by atoms with E-state index in [1.807, 2.05) is 29.0 Å². The van der Waals surface area contributed by atoms with Gasteiger partial charge >= 0.3 is 0 Å². The van der Waals surface area contributed by atoms with Gasteiger partial charge in [-0.1, -0.05) is 29.3 Å². The van der Waals surface area contributed by atoms with Gasteiger partial charge in [0.15, 0.2) is 6.61 Å². The number of nitrogens with zero attached hydrogens (tertiary/aromatic N) is 1. The molecule has 0 saturated carbocycles. The summed E-state index contributed by atoms with van der Waals surface area (Å²) in [5, 5.41) is 7.74. The number of hydrogen-bond acceptors (Lipinski definition) is 4. The molecule has 128 valence electrons. The van der Waals surface area contributed by atoms with Crippen molar-refractivity contribution < 1.29 is 9.53 Å². The van der Waals surface area contributed by atoms with Gasteiger partial charge in [0.2, 0.25) is 0 Å². The number of pyridine rings is 1. The zero-order chi connectivity index (χ0) is 17.6. The van der Waals surface area contributed by atoms with Crippen molar-refractivity contribution >= 4 is 40.4 Å². The lowest BCUT2D eigenvalue weighted by Crippen LogP contribution is -2.28. The molecule has 0 unspecified atom stereocenters. The standard InChI is InChI=1S/C18H14Cl2N2O2S/c19-14-3-4-16(15(20)8-14)24-10-17(23)22-9-12-2-1-6-21-18(12)13-5-7-25-11-13/h1-8,11H,9-10H2,(H,22,23). The lowest BCUT2D eigenvalue weighted by Gasteiger charge is -2.10. The number of hydrogen-bond donors (Lipinski definition) is 1. The fraction of sp³-hybridized carbons (Fsp3) is 0.111. The van der Waals surface area contributed by atoms with Crippen LogP contribution in [0.5, 0.6) is 5.75 Å². The lowest BCUT2D eigenvalue weighted by molar-refractivity contribution is -0.123. The molecule has 1 N–H and O–H groups in total. The number of amides is 1. The number of ether oxygens (including phenoxy) is 1. The molecule has 25 heavy (non-hydrogen) atoms. The Morgan fingerprint density at radius 2 is 2.12 bits per heavy atom. The molecule has 0 bridgehead atoms. The molecule has 0 saturated heterocycles. The van der Waals surface area contributed by atoms with Crippen molar-refractivity contribution in [1.29, 1.82) is 0 Å². The number of rotatable bonds is 6. The molecule has 0 radical (unpaired) electrons. The highest BCUT2D eigenvalue weighted by Gasteiger charge is 2.10. The maximum Gasteiger partial charge on any atom is 0.258 e. The molecule has 7 heteroatoms. The highest BCUT2D eigenvalue weighted by molar-refractivity contribution is 7.08. The zero-order valence-corrected chi connectivity index (χ0v) is 15.4. The van der Waals surface area contributed by atoms with Gasteiger partial charge in [-0.25, -0.2) is 0 Å². The normalized spacial score (nSPS) is 10.5. The van der Waals surface area contributed by atoms with Gasteiger partial charge in [-0.15, -0.1) is 0 Å². The maximum atomic E-state index is 12.0. The average Bonchev–Trinajstić information content (AvgIpc) is 3.14. The summed E-state index contributed by atoms with van der Waals surface area (Å²) in [6, 6.07) is 10.7. The van der Waals surface area contributed by atoms with Gasteiger partial charge in [0, 0.05) is 28.7 Å². The van der Waals surface area contributed by atoms with Crippen LogP contribution in [-0.4, -0.2) is 17.5 Å². The van der Waals surface area contributed by atoms with Gasteiger partial charge in [0.05, 0.1) is 10.7 Å². The van der Waals surface area contributed by atoms with E-state index in [1.165, 1.54) is 0 Å². The number of nitrogens with one attached hydrogen (secondary N) is 1. The first-order valence-electron chi connectivity index (χ1n) is 7.44. The van der Waals surface area contributed by atoms with E-state index in [-0.39, 0.29) is 12.5 Å². The fourth-order valence-corrected chi connectivity index (χ4v) is 3.32. The van der Waals surface area contributed by atoms with Crippen molar-refractivity contribution in [1.82, 2.24) is 10.3 Å². The second kappa shape index (κ2) is 8.34. The summed E-state index contributed by atoms with van der Waals surface area (Å²) in [7, 11) is 0. The Hall–Kier alpha value is -2.08. The van der Waals surface area contributed by atoms with Crippen molar-refractivity contribution in [2.75, 3.05) is 6.61 Å². The number of benzene rings is 1. The first kappa shape index (κ1) is 17.7. The molecule has 1 amide bonds. The molecule has 0 aliphatic heterocycles. The highest BCUT2D eigenvalue weighted by Crippen LogP contribution is 2.27. The van der Waals surface area contributed by atoms with Gasteiger partial charge in [-0.3, -0.25) is 9.78 Å². The Morgan fingerprint density at radius 3 is 2.88 bits per heavy atom. The third-order valence-electron chi connectivity index (χ3n) is 3.41. The molecule has 0 atom stereocenters. The molecule has 1 aromatic carbocycles. The summed E-state index contributed by atoms with van der Waals surface area (Å²) in [4.78, 5) is 16.4. The molecule has 0 aliphatic rings. The summed E-state index contributed by atoms with van der Waals surface area (Å²) in [5.74, 6) is 0.174. The Balaban J connectivity index is 1.58. The first-order chi connectivity index (χ1) is 12.1. The number of thiophene rings is 1. The minimum atomic E-state index is -0.244. The van der Waals surface area contributed by atoms with Gasteiger partial charge in [-0.2, -0.15) is 11.3 Å². The van der Waals surface area contributed by atoms with Crippen LogP contribution in [0.1, 0.15) is 5.56 Å². The largest absolute Gasteiger partial charge is 0.482 e. The molecule has 4 nitrogen and oxygen atoms in total. The summed E-state index contributed by atoms with van der Waals surface area (Å²) in [6.45, 7) is 0.241. The van der Waals surface area contributed by atoms with E-state index in [0.29, 0.717) is 22.3 Å². The van der Waals surface area contributed by atoms with E-state index < -0.39 is 0 Å². The molecular weight excluding hydrogens is 379 g/mol. The molecule has 0 spiro atoms. The number of aromatic nitrogens is 1. The van der Waals surface area contributed by atoms with Crippen LogP contribution >= 0.6 is 34.5 Å². The van der Waals surface area contributed by atoms with Crippen molar-refractivity contribution in [2.45, 2.75) is 6.54 Å². The van der Waals surface area contributed by atoms with E-state index in [0.717, 1.165) is 16.8 Å². The predicted octanol–water partition coefficient (Wildman–Crippen LogP) is 4.81. The number of carbonyl (C=O) groups excluding carboxylic acids is 1. The summed E-state index contributed by atoms with van der Waals surface area (Å²) in [5.41, 5.74) is 2.85. The SMILES string of the molecule is O=C(COc1ccc(Cl)cc1Cl)NCc1cccnc1-c1ccsc1. The zero-order valence-electron chi connectivity index (χ0n) is 13.0. The number of halogens is 2. The second-order valence-electron chi connectivity index (χ2n) is 5.16. The smallest absolute Gasteiger partial charge is 0.258 e. The molecular formula is C18H14Cl2N2O2S. The van der Waals surface area contributed by atoms with E-state index >= 15 is 0 Å².